The van der Waals surface area contributed by atoms with Crippen molar-refractivity contribution in [3.8, 4) is 0 Å². The van der Waals surface area contributed by atoms with Crippen molar-refractivity contribution >= 4 is 28.8 Å². The summed E-state index contributed by atoms with van der Waals surface area (Å²) in [5, 5.41) is 5.09. The molecule has 2 amide bonds. The van der Waals surface area contributed by atoms with E-state index in [0.29, 0.717) is 13.1 Å². The van der Waals surface area contributed by atoms with Gasteiger partial charge in [-0.2, -0.15) is 0 Å². The van der Waals surface area contributed by atoms with Crippen molar-refractivity contribution in [2.24, 2.45) is 5.92 Å². The third kappa shape index (κ3) is 4.14. The largest absolute Gasteiger partial charge is 0.354 e. The molecule has 1 fully saturated rings. The van der Waals surface area contributed by atoms with Gasteiger partial charge >= 0.3 is 0 Å². The lowest BCUT2D eigenvalue weighted by Crippen LogP contribution is -2.38. The number of thiophene rings is 1. The molecule has 0 saturated carbocycles. The summed E-state index contributed by atoms with van der Waals surface area (Å²) < 4.78 is 0. The number of nitrogens with one attached hydrogen (secondary N) is 1. The Labute approximate surface area is 158 Å². The van der Waals surface area contributed by atoms with Crippen molar-refractivity contribution in [2.45, 2.75) is 19.4 Å². The topological polar surface area (TPSA) is 52.7 Å². The summed E-state index contributed by atoms with van der Waals surface area (Å²) in [6.45, 7) is 3.00. The highest BCUT2D eigenvalue weighted by molar-refractivity contribution is 7.10. The van der Waals surface area contributed by atoms with Crippen LogP contribution >= 0.6 is 11.3 Å². The molecule has 1 aliphatic heterocycles. The monoisotopic (exact) mass is 371 g/mol. The first-order valence-electron chi connectivity index (χ1n) is 8.80. The van der Waals surface area contributed by atoms with E-state index in [1.54, 1.807) is 16.2 Å². The summed E-state index contributed by atoms with van der Waals surface area (Å²) in [7, 11) is 4.02. The number of rotatable bonds is 6. The number of aryl methyl sites for hydroxylation is 1. The quantitative estimate of drug-likeness (QED) is 0.850. The van der Waals surface area contributed by atoms with Crippen LogP contribution in [0.15, 0.2) is 41.8 Å². The van der Waals surface area contributed by atoms with Gasteiger partial charge < -0.3 is 15.1 Å². The van der Waals surface area contributed by atoms with Crippen LogP contribution in [0.25, 0.3) is 0 Å². The highest BCUT2D eigenvalue weighted by Gasteiger charge is 2.35. The van der Waals surface area contributed by atoms with Gasteiger partial charge in [-0.3, -0.25) is 9.59 Å². The Balaban J connectivity index is 1.60. The molecule has 138 valence electrons. The lowest BCUT2D eigenvalue weighted by atomic mass is 10.1. The second kappa shape index (κ2) is 8.01. The maximum atomic E-state index is 12.6. The number of amides is 2. The van der Waals surface area contributed by atoms with Crippen LogP contribution in [0, 0.1) is 12.8 Å². The van der Waals surface area contributed by atoms with Crippen molar-refractivity contribution in [1.29, 1.82) is 0 Å². The number of hydrogen-bond donors (Lipinski definition) is 1. The first-order chi connectivity index (χ1) is 12.5. The van der Waals surface area contributed by atoms with Gasteiger partial charge in [0.15, 0.2) is 0 Å². The van der Waals surface area contributed by atoms with E-state index in [1.165, 1.54) is 4.88 Å². The highest BCUT2D eigenvalue weighted by atomic mass is 32.1. The highest BCUT2D eigenvalue weighted by Crippen LogP contribution is 2.26. The molecular formula is C20H25N3O2S. The predicted molar refractivity (Wildman–Crippen MR) is 105 cm³/mol. The molecule has 0 spiro atoms. The van der Waals surface area contributed by atoms with Crippen LogP contribution in [0.1, 0.15) is 22.9 Å². The van der Waals surface area contributed by atoms with Crippen LogP contribution in [0.3, 0.4) is 0 Å². The van der Waals surface area contributed by atoms with Crippen LogP contribution in [-0.4, -0.2) is 43.9 Å². The van der Waals surface area contributed by atoms with E-state index in [4.69, 9.17) is 0 Å². The Kier molecular flexibility index (Phi) is 5.74. The van der Waals surface area contributed by atoms with Crippen LogP contribution in [0.5, 0.6) is 0 Å². The summed E-state index contributed by atoms with van der Waals surface area (Å²) in [5.74, 6) is -0.331. The zero-order valence-corrected chi connectivity index (χ0v) is 16.3. The molecule has 1 aromatic carbocycles. The number of nitrogens with zero attached hydrogens (tertiary/aromatic N) is 2. The van der Waals surface area contributed by atoms with Gasteiger partial charge in [-0.15, -0.1) is 11.3 Å². The lowest BCUT2D eigenvalue weighted by molar-refractivity contribution is -0.126. The molecule has 2 atom stereocenters. The molecule has 1 saturated heterocycles. The van der Waals surface area contributed by atoms with Crippen LogP contribution < -0.4 is 10.2 Å². The van der Waals surface area contributed by atoms with E-state index < -0.39 is 0 Å². The van der Waals surface area contributed by atoms with Crippen molar-refractivity contribution in [3.63, 3.8) is 0 Å². The van der Waals surface area contributed by atoms with Crippen molar-refractivity contribution in [3.05, 3.63) is 52.2 Å². The SMILES string of the molecule is Cc1ccc(N2CC(C(=O)NCC(c3cccs3)N(C)C)CC2=O)cc1. The maximum Gasteiger partial charge on any atom is 0.227 e. The first kappa shape index (κ1) is 18.6. The lowest BCUT2D eigenvalue weighted by Gasteiger charge is -2.24. The van der Waals surface area contributed by atoms with E-state index in [1.807, 2.05) is 56.7 Å². The van der Waals surface area contributed by atoms with Crippen molar-refractivity contribution in [1.82, 2.24) is 10.2 Å². The summed E-state index contributed by atoms with van der Waals surface area (Å²) in [4.78, 5) is 30.0. The number of likely N-dealkylation sites (N-methyl/N-ethyl adjacent to an activating group) is 1. The van der Waals surface area contributed by atoms with E-state index in [2.05, 4.69) is 16.3 Å². The van der Waals surface area contributed by atoms with Gasteiger partial charge in [0.25, 0.3) is 0 Å². The molecule has 1 aromatic heterocycles. The average molecular weight is 372 g/mol. The molecule has 26 heavy (non-hydrogen) atoms. The maximum absolute atomic E-state index is 12.6. The number of benzene rings is 1. The summed E-state index contributed by atoms with van der Waals surface area (Å²) in [6.07, 6.45) is 0.269. The molecular weight excluding hydrogens is 346 g/mol. The number of carbonyl (C=O) groups excluding carboxylic acids is 2. The van der Waals surface area contributed by atoms with Crippen molar-refractivity contribution < 1.29 is 9.59 Å². The van der Waals surface area contributed by atoms with Gasteiger partial charge in [0.2, 0.25) is 11.8 Å². The minimum Gasteiger partial charge on any atom is -0.354 e. The molecule has 1 N–H and O–H groups in total. The second-order valence-electron chi connectivity index (χ2n) is 6.98. The molecule has 3 rings (SSSR count). The molecule has 6 heteroatoms. The summed E-state index contributed by atoms with van der Waals surface area (Å²) in [6, 6.07) is 12.1. The van der Waals surface area contributed by atoms with E-state index in [0.717, 1.165) is 11.3 Å². The molecule has 1 aliphatic rings. The molecule has 2 unspecified atom stereocenters. The Hall–Kier alpha value is -2.18. The average Bonchev–Trinajstić information content (AvgIpc) is 3.25. The molecule has 2 heterocycles. The first-order valence-corrected chi connectivity index (χ1v) is 9.68. The molecule has 0 aliphatic carbocycles. The van der Waals surface area contributed by atoms with E-state index in [-0.39, 0.29) is 30.2 Å². The Morgan fingerprint density at radius 3 is 2.65 bits per heavy atom. The minimum atomic E-state index is -0.296. The Bertz CT molecular complexity index is 756. The van der Waals surface area contributed by atoms with Gasteiger partial charge in [0, 0.05) is 30.1 Å². The zero-order valence-electron chi connectivity index (χ0n) is 15.4. The zero-order chi connectivity index (χ0) is 18.7. The number of anilines is 1. The molecule has 2 aromatic rings. The van der Waals surface area contributed by atoms with Gasteiger partial charge in [-0.05, 0) is 44.6 Å². The number of carbonyl (C=O) groups is 2. The van der Waals surface area contributed by atoms with Crippen molar-refractivity contribution in [2.75, 3.05) is 32.1 Å². The summed E-state index contributed by atoms with van der Waals surface area (Å²) in [5.41, 5.74) is 2.01. The number of hydrogen-bond acceptors (Lipinski definition) is 4. The van der Waals surface area contributed by atoms with E-state index in [9.17, 15) is 9.59 Å². The Morgan fingerprint density at radius 1 is 1.31 bits per heavy atom. The van der Waals surface area contributed by atoms with Gasteiger partial charge in [0.05, 0.1) is 12.0 Å². The normalized spacial score (nSPS) is 18.4. The van der Waals surface area contributed by atoms with Crippen LogP contribution in [-0.2, 0) is 9.59 Å². The standard InChI is InChI=1S/C20H25N3O2S/c1-14-6-8-16(9-7-14)23-13-15(11-19(23)24)20(25)21-12-17(22(2)3)18-5-4-10-26-18/h4-10,15,17H,11-13H2,1-3H3,(H,21,25). The smallest absolute Gasteiger partial charge is 0.227 e. The predicted octanol–water partition coefficient (Wildman–Crippen LogP) is 2.83. The van der Waals surface area contributed by atoms with Crippen LogP contribution in [0.4, 0.5) is 5.69 Å². The van der Waals surface area contributed by atoms with Crippen LogP contribution in [0.2, 0.25) is 0 Å². The van der Waals surface area contributed by atoms with E-state index >= 15 is 0 Å². The molecule has 5 nitrogen and oxygen atoms in total. The molecule has 0 radical (unpaired) electrons. The third-order valence-corrected chi connectivity index (χ3v) is 5.78. The Morgan fingerprint density at radius 2 is 2.04 bits per heavy atom. The van der Waals surface area contributed by atoms with Gasteiger partial charge in [0.1, 0.15) is 0 Å². The fourth-order valence-electron chi connectivity index (χ4n) is 3.22. The fourth-order valence-corrected chi connectivity index (χ4v) is 4.14. The third-order valence-electron chi connectivity index (χ3n) is 4.81. The second-order valence-corrected chi connectivity index (χ2v) is 7.96. The van der Waals surface area contributed by atoms with Gasteiger partial charge in [-0.25, -0.2) is 0 Å². The minimum absolute atomic E-state index is 0.0106. The van der Waals surface area contributed by atoms with Gasteiger partial charge in [-0.1, -0.05) is 23.8 Å². The summed E-state index contributed by atoms with van der Waals surface area (Å²) >= 11 is 1.69. The fraction of sp³-hybridized carbons (Fsp3) is 0.400. The molecule has 0 bridgehead atoms.